The van der Waals surface area contributed by atoms with Crippen molar-refractivity contribution in [3.05, 3.63) is 21.9 Å². The molecule has 2 atom stereocenters. The summed E-state index contributed by atoms with van der Waals surface area (Å²) in [6.45, 7) is 4.91. The lowest BCUT2D eigenvalue weighted by atomic mass is 10.0. The first-order chi connectivity index (χ1) is 9.54. The van der Waals surface area contributed by atoms with E-state index in [0.717, 1.165) is 6.42 Å². The van der Waals surface area contributed by atoms with Crippen LogP contribution in [-0.2, 0) is 17.8 Å². The fourth-order valence-electron chi connectivity index (χ4n) is 2.65. The second-order valence-corrected chi connectivity index (χ2v) is 6.05. The molecule has 6 heteroatoms. The maximum absolute atomic E-state index is 12.1. The van der Waals surface area contributed by atoms with Gasteiger partial charge in [-0.1, -0.05) is 6.92 Å². The minimum Gasteiger partial charge on any atom is -0.481 e. The number of carboxylic acid groups (broad SMARTS) is 1. The van der Waals surface area contributed by atoms with Crippen molar-refractivity contribution in [3.8, 4) is 0 Å². The highest BCUT2D eigenvalue weighted by atomic mass is 32.1. The summed E-state index contributed by atoms with van der Waals surface area (Å²) in [5.74, 6) is -1.27. The Bertz CT molecular complexity index is 500. The monoisotopic (exact) mass is 296 g/mol. The first-order valence-electron chi connectivity index (χ1n) is 6.87. The number of rotatable bonds is 4. The van der Waals surface area contributed by atoms with Gasteiger partial charge in [-0.25, -0.2) is 4.79 Å². The van der Waals surface area contributed by atoms with Crippen LogP contribution in [0.4, 0.5) is 4.79 Å². The first-order valence-corrected chi connectivity index (χ1v) is 7.75. The third-order valence-corrected chi connectivity index (χ3v) is 4.91. The van der Waals surface area contributed by atoms with Gasteiger partial charge in [-0.05, 0) is 36.8 Å². The van der Waals surface area contributed by atoms with E-state index in [4.69, 9.17) is 5.11 Å². The maximum atomic E-state index is 12.1. The molecule has 1 aromatic rings. The third kappa shape index (κ3) is 2.95. The fourth-order valence-corrected chi connectivity index (χ4v) is 3.57. The summed E-state index contributed by atoms with van der Waals surface area (Å²) >= 11 is 1.64. The highest BCUT2D eigenvalue weighted by Crippen LogP contribution is 2.24. The second kappa shape index (κ2) is 6.26. The molecule has 1 aliphatic rings. The molecule has 1 aromatic heterocycles. The zero-order valence-electron chi connectivity index (χ0n) is 11.8. The molecular formula is C14H20N2O3S. The number of urea groups is 1. The summed E-state index contributed by atoms with van der Waals surface area (Å²) in [5, 5.41) is 14.0. The van der Waals surface area contributed by atoms with E-state index >= 15 is 0 Å². The number of carbonyl (C=O) groups excluding carboxylic acids is 1. The van der Waals surface area contributed by atoms with Crippen LogP contribution in [0.3, 0.4) is 0 Å². The van der Waals surface area contributed by atoms with Crippen LogP contribution < -0.4 is 5.32 Å². The number of thiophene rings is 1. The largest absolute Gasteiger partial charge is 0.481 e. The molecule has 0 aromatic carbocycles. The number of nitrogens with zero attached hydrogens (tertiary/aromatic N) is 1. The quantitative estimate of drug-likeness (QED) is 0.896. The van der Waals surface area contributed by atoms with Crippen molar-refractivity contribution in [1.29, 1.82) is 0 Å². The van der Waals surface area contributed by atoms with Crippen LogP contribution in [-0.4, -0.2) is 34.6 Å². The number of amides is 2. The van der Waals surface area contributed by atoms with E-state index in [1.807, 2.05) is 5.38 Å². The van der Waals surface area contributed by atoms with Gasteiger partial charge in [0.1, 0.15) is 0 Å². The van der Waals surface area contributed by atoms with Gasteiger partial charge in [0.25, 0.3) is 0 Å². The standard InChI is InChI=1S/C14H20N2O3S/c1-3-10-5-7-20-12(10)8-15-14(19)16-6-4-11(9(16)2)13(17)18/h5,7,9,11H,3-4,6,8H2,1-2H3,(H,15,19)(H,17,18). The number of hydrogen-bond acceptors (Lipinski definition) is 3. The van der Waals surface area contributed by atoms with E-state index in [0.29, 0.717) is 19.5 Å². The predicted octanol–water partition coefficient (Wildman–Crippen LogP) is 2.32. The van der Waals surface area contributed by atoms with E-state index in [1.54, 1.807) is 23.2 Å². The van der Waals surface area contributed by atoms with Crippen LogP contribution in [0, 0.1) is 5.92 Å². The normalized spacial score (nSPS) is 22.0. The van der Waals surface area contributed by atoms with Gasteiger partial charge in [-0.15, -0.1) is 11.3 Å². The molecule has 0 bridgehead atoms. The van der Waals surface area contributed by atoms with Crippen LogP contribution in [0.5, 0.6) is 0 Å². The summed E-state index contributed by atoms with van der Waals surface area (Å²) < 4.78 is 0. The number of aryl methyl sites for hydroxylation is 1. The molecule has 1 fully saturated rings. The third-order valence-electron chi connectivity index (χ3n) is 3.95. The molecule has 1 saturated heterocycles. The van der Waals surface area contributed by atoms with Gasteiger partial charge in [0.05, 0.1) is 12.5 Å². The van der Waals surface area contributed by atoms with E-state index in [1.165, 1.54) is 10.4 Å². The molecule has 0 aliphatic carbocycles. The van der Waals surface area contributed by atoms with Gasteiger partial charge in [0.15, 0.2) is 0 Å². The van der Waals surface area contributed by atoms with E-state index in [-0.39, 0.29) is 12.1 Å². The number of carbonyl (C=O) groups is 2. The lowest BCUT2D eigenvalue weighted by Crippen LogP contribution is -2.43. The van der Waals surface area contributed by atoms with E-state index in [9.17, 15) is 9.59 Å². The molecule has 2 amide bonds. The molecule has 0 radical (unpaired) electrons. The fraction of sp³-hybridized carbons (Fsp3) is 0.571. The van der Waals surface area contributed by atoms with Gasteiger partial charge in [0.2, 0.25) is 0 Å². The van der Waals surface area contributed by atoms with Gasteiger partial charge in [-0.2, -0.15) is 0 Å². The Labute approximate surface area is 122 Å². The average Bonchev–Trinajstić information content (AvgIpc) is 3.01. The highest BCUT2D eigenvalue weighted by Gasteiger charge is 2.37. The SMILES string of the molecule is CCc1ccsc1CNC(=O)N1CCC(C(=O)O)C1C. The lowest BCUT2D eigenvalue weighted by molar-refractivity contribution is -0.142. The molecule has 0 spiro atoms. The van der Waals surface area contributed by atoms with Crippen molar-refractivity contribution in [1.82, 2.24) is 10.2 Å². The van der Waals surface area contributed by atoms with Crippen molar-refractivity contribution in [2.75, 3.05) is 6.54 Å². The molecule has 5 nitrogen and oxygen atoms in total. The topological polar surface area (TPSA) is 69.6 Å². The van der Waals surface area contributed by atoms with Crippen molar-refractivity contribution in [2.24, 2.45) is 5.92 Å². The molecule has 0 saturated carbocycles. The number of aliphatic carboxylic acids is 1. The van der Waals surface area contributed by atoms with Gasteiger partial charge in [-0.3, -0.25) is 4.79 Å². The molecular weight excluding hydrogens is 276 g/mol. The summed E-state index contributed by atoms with van der Waals surface area (Å²) in [5.41, 5.74) is 1.26. The number of likely N-dealkylation sites (tertiary alicyclic amines) is 1. The predicted molar refractivity (Wildman–Crippen MR) is 77.8 cm³/mol. The number of nitrogens with one attached hydrogen (secondary N) is 1. The zero-order valence-corrected chi connectivity index (χ0v) is 12.6. The Morgan fingerprint density at radius 2 is 2.30 bits per heavy atom. The lowest BCUT2D eigenvalue weighted by Gasteiger charge is -2.23. The van der Waals surface area contributed by atoms with Crippen molar-refractivity contribution >= 4 is 23.3 Å². The van der Waals surface area contributed by atoms with Crippen LogP contribution in [0.25, 0.3) is 0 Å². The Morgan fingerprint density at radius 3 is 2.90 bits per heavy atom. The molecule has 20 heavy (non-hydrogen) atoms. The maximum Gasteiger partial charge on any atom is 0.317 e. The van der Waals surface area contributed by atoms with Gasteiger partial charge >= 0.3 is 12.0 Å². The molecule has 2 N–H and O–H groups in total. The Balaban J connectivity index is 1.91. The van der Waals surface area contributed by atoms with Crippen molar-refractivity contribution in [3.63, 3.8) is 0 Å². The van der Waals surface area contributed by atoms with E-state index in [2.05, 4.69) is 18.3 Å². The van der Waals surface area contributed by atoms with Crippen molar-refractivity contribution < 1.29 is 14.7 Å². The second-order valence-electron chi connectivity index (χ2n) is 5.05. The summed E-state index contributed by atoms with van der Waals surface area (Å²) in [6, 6.07) is 1.66. The Kier molecular flexibility index (Phi) is 4.65. The highest BCUT2D eigenvalue weighted by molar-refractivity contribution is 7.10. The van der Waals surface area contributed by atoms with Crippen LogP contribution in [0.15, 0.2) is 11.4 Å². The van der Waals surface area contributed by atoms with Crippen LogP contribution >= 0.6 is 11.3 Å². The summed E-state index contributed by atoms with van der Waals surface area (Å²) in [6.07, 6.45) is 1.49. The summed E-state index contributed by atoms with van der Waals surface area (Å²) in [4.78, 5) is 26.0. The molecule has 110 valence electrons. The van der Waals surface area contributed by atoms with Crippen LogP contribution in [0.1, 0.15) is 30.7 Å². The number of carboxylic acids is 1. The minimum absolute atomic E-state index is 0.170. The smallest absolute Gasteiger partial charge is 0.317 e. The van der Waals surface area contributed by atoms with E-state index < -0.39 is 11.9 Å². The molecule has 2 rings (SSSR count). The van der Waals surface area contributed by atoms with Crippen LogP contribution in [0.2, 0.25) is 0 Å². The van der Waals surface area contributed by atoms with Gasteiger partial charge < -0.3 is 15.3 Å². The first kappa shape index (κ1) is 14.8. The molecule has 1 aliphatic heterocycles. The molecule has 2 unspecified atom stereocenters. The van der Waals surface area contributed by atoms with Crippen molar-refractivity contribution in [2.45, 2.75) is 39.3 Å². The summed E-state index contributed by atoms with van der Waals surface area (Å²) in [7, 11) is 0. The zero-order chi connectivity index (χ0) is 14.7. The van der Waals surface area contributed by atoms with Gasteiger partial charge in [0, 0.05) is 17.5 Å². The molecule has 2 heterocycles. The Morgan fingerprint density at radius 1 is 1.55 bits per heavy atom. The minimum atomic E-state index is -0.820. The number of hydrogen-bond donors (Lipinski definition) is 2. The average molecular weight is 296 g/mol. The Hall–Kier alpha value is -1.56.